The van der Waals surface area contributed by atoms with Crippen molar-refractivity contribution in [3.63, 3.8) is 0 Å². The van der Waals surface area contributed by atoms with Crippen LogP contribution in [-0.4, -0.2) is 17.6 Å². The maximum Gasteiger partial charge on any atom is 0.223 e. The molecule has 1 saturated carbocycles. The van der Waals surface area contributed by atoms with Crippen LogP contribution >= 0.6 is 11.3 Å². The Labute approximate surface area is 130 Å². The number of hydrogen-bond acceptors (Lipinski definition) is 3. The second kappa shape index (κ2) is 8.86. The highest BCUT2D eigenvalue weighted by molar-refractivity contribution is 7.12. The summed E-state index contributed by atoms with van der Waals surface area (Å²) in [4.78, 5) is 14.3. The smallest absolute Gasteiger partial charge is 0.223 e. The first-order valence-electron chi connectivity index (χ1n) is 7.76. The molecule has 1 aromatic heterocycles. The Kier molecular flexibility index (Phi) is 6.78. The van der Waals surface area contributed by atoms with Gasteiger partial charge in [0.2, 0.25) is 5.91 Å². The fraction of sp³-hybridized carbons (Fsp3) is 0.588. The summed E-state index contributed by atoms with van der Waals surface area (Å²) in [5, 5.41) is 11.7. The summed E-state index contributed by atoms with van der Waals surface area (Å²) in [6.07, 6.45) is 8.27. The zero-order valence-corrected chi connectivity index (χ0v) is 13.2. The van der Waals surface area contributed by atoms with E-state index in [9.17, 15) is 4.79 Å². The third-order valence-corrected chi connectivity index (χ3v) is 4.87. The van der Waals surface area contributed by atoms with Crippen LogP contribution in [0, 0.1) is 17.8 Å². The van der Waals surface area contributed by atoms with Gasteiger partial charge in [-0.1, -0.05) is 43.9 Å². The molecule has 0 spiro atoms. The largest absolute Gasteiger partial charge is 0.384 e. The van der Waals surface area contributed by atoms with Crippen LogP contribution in [0.1, 0.15) is 54.7 Å². The Bertz CT molecular complexity index is 504. The van der Waals surface area contributed by atoms with Gasteiger partial charge in [-0.2, -0.15) is 0 Å². The van der Waals surface area contributed by atoms with E-state index in [0.717, 1.165) is 22.6 Å². The van der Waals surface area contributed by atoms with Crippen LogP contribution in [0.25, 0.3) is 0 Å². The van der Waals surface area contributed by atoms with Crippen LogP contribution in [0.5, 0.6) is 0 Å². The topological polar surface area (TPSA) is 49.3 Å². The molecule has 1 heterocycles. The van der Waals surface area contributed by atoms with Gasteiger partial charge in [-0.3, -0.25) is 4.79 Å². The Morgan fingerprint density at radius 1 is 1.24 bits per heavy atom. The first-order valence-corrected chi connectivity index (χ1v) is 8.57. The first-order chi connectivity index (χ1) is 10.3. The third kappa shape index (κ3) is 5.53. The van der Waals surface area contributed by atoms with Crippen molar-refractivity contribution < 1.29 is 9.90 Å². The van der Waals surface area contributed by atoms with Gasteiger partial charge in [-0.05, 0) is 25.0 Å². The van der Waals surface area contributed by atoms with E-state index in [2.05, 4.69) is 17.2 Å². The quantitative estimate of drug-likeness (QED) is 0.843. The zero-order chi connectivity index (χ0) is 14.9. The third-order valence-electron chi connectivity index (χ3n) is 3.87. The fourth-order valence-corrected chi connectivity index (χ4v) is 3.53. The van der Waals surface area contributed by atoms with Crippen LogP contribution in [0.15, 0.2) is 12.1 Å². The zero-order valence-electron chi connectivity index (χ0n) is 12.4. The molecule has 114 valence electrons. The summed E-state index contributed by atoms with van der Waals surface area (Å²) < 4.78 is 0. The predicted octanol–water partition coefficient (Wildman–Crippen LogP) is 3.07. The van der Waals surface area contributed by atoms with Crippen LogP contribution in [-0.2, 0) is 11.3 Å². The van der Waals surface area contributed by atoms with Gasteiger partial charge in [0.05, 0.1) is 11.4 Å². The molecule has 1 amide bonds. The molecule has 4 heteroatoms. The number of thiophene rings is 1. The van der Waals surface area contributed by atoms with Crippen molar-refractivity contribution in [1.82, 2.24) is 5.32 Å². The molecule has 0 aromatic carbocycles. The SMILES string of the molecule is O=C(NCc1ccc(C#CCO)s1)C1CCCCCCC1. The van der Waals surface area contributed by atoms with Crippen molar-refractivity contribution >= 4 is 17.2 Å². The number of carbonyl (C=O) groups excluding carboxylic acids is 1. The molecular formula is C17H23NO2S. The molecule has 21 heavy (non-hydrogen) atoms. The summed E-state index contributed by atoms with van der Waals surface area (Å²) in [6.45, 7) is 0.465. The van der Waals surface area contributed by atoms with E-state index in [1.54, 1.807) is 11.3 Å². The van der Waals surface area contributed by atoms with Crippen LogP contribution in [0.4, 0.5) is 0 Å². The lowest BCUT2D eigenvalue weighted by molar-refractivity contribution is -0.125. The number of hydrogen-bond donors (Lipinski definition) is 2. The average Bonchev–Trinajstić information content (AvgIpc) is 2.90. The minimum absolute atomic E-state index is 0.119. The van der Waals surface area contributed by atoms with Gasteiger partial charge < -0.3 is 10.4 Å². The lowest BCUT2D eigenvalue weighted by Gasteiger charge is -2.18. The Morgan fingerprint density at radius 3 is 2.67 bits per heavy atom. The van der Waals surface area contributed by atoms with E-state index in [1.807, 2.05) is 12.1 Å². The number of aliphatic hydroxyl groups is 1. The summed E-state index contributed by atoms with van der Waals surface area (Å²) in [5.74, 6) is 5.92. The molecule has 1 fully saturated rings. The van der Waals surface area contributed by atoms with Gasteiger partial charge >= 0.3 is 0 Å². The highest BCUT2D eigenvalue weighted by Crippen LogP contribution is 2.22. The molecule has 1 aliphatic rings. The second-order valence-corrected chi connectivity index (χ2v) is 6.65. The van der Waals surface area contributed by atoms with Gasteiger partial charge in [-0.25, -0.2) is 0 Å². The summed E-state index contributed by atoms with van der Waals surface area (Å²) in [5.41, 5.74) is 0. The summed E-state index contributed by atoms with van der Waals surface area (Å²) in [7, 11) is 0. The normalized spacial score (nSPS) is 16.4. The van der Waals surface area contributed by atoms with Crippen molar-refractivity contribution in [2.45, 2.75) is 51.5 Å². The Balaban J connectivity index is 1.81. The Morgan fingerprint density at radius 2 is 1.95 bits per heavy atom. The minimum atomic E-state index is -0.119. The van der Waals surface area contributed by atoms with Gasteiger partial charge in [-0.15, -0.1) is 11.3 Å². The molecular weight excluding hydrogens is 282 g/mol. The highest BCUT2D eigenvalue weighted by atomic mass is 32.1. The van der Waals surface area contributed by atoms with E-state index in [4.69, 9.17) is 5.11 Å². The highest BCUT2D eigenvalue weighted by Gasteiger charge is 2.18. The van der Waals surface area contributed by atoms with Gasteiger partial charge in [0.15, 0.2) is 0 Å². The van der Waals surface area contributed by atoms with Gasteiger partial charge in [0.25, 0.3) is 0 Å². The number of aliphatic hydroxyl groups excluding tert-OH is 1. The number of carbonyl (C=O) groups is 1. The molecule has 2 rings (SSSR count). The summed E-state index contributed by atoms with van der Waals surface area (Å²) >= 11 is 1.57. The van der Waals surface area contributed by atoms with E-state index < -0.39 is 0 Å². The molecule has 0 radical (unpaired) electrons. The van der Waals surface area contributed by atoms with Crippen LogP contribution < -0.4 is 5.32 Å². The van der Waals surface area contributed by atoms with Crippen LogP contribution in [0.2, 0.25) is 0 Å². The van der Waals surface area contributed by atoms with Crippen LogP contribution in [0.3, 0.4) is 0 Å². The van der Waals surface area contributed by atoms with Crippen molar-refractivity contribution in [2.75, 3.05) is 6.61 Å². The number of amides is 1. The second-order valence-electron chi connectivity index (χ2n) is 5.49. The molecule has 0 saturated heterocycles. The predicted molar refractivity (Wildman–Crippen MR) is 85.9 cm³/mol. The lowest BCUT2D eigenvalue weighted by Crippen LogP contribution is -2.30. The van der Waals surface area contributed by atoms with Crippen molar-refractivity contribution in [1.29, 1.82) is 0 Å². The van der Waals surface area contributed by atoms with Gasteiger partial charge in [0.1, 0.15) is 6.61 Å². The van der Waals surface area contributed by atoms with Gasteiger partial charge in [0, 0.05) is 10.8 Å². The molecule has 0 atom stereocenters. The molecule has 1 aromatic rings. The molecule has 0 aliphatic heterocycles. The first kappa shape index (κ1) is 16.1. The fourth-order valence-electron chi connectivity index (χ4n) is 2.70. The molecule has 0 unspecified atom stereocenters. The maximum atomic E-state index is 12.2. The lowest BCUT2D eigenvalue weighted by atomic mass is 9.90. The van der Waals surface area contributed by atoms with Crippen molar-refractivity contribution in [3.05, 3.63) is 21.9 Å². The molecule has 3 nitrogen and oxygen atoms in total. The number of rotatable bonds is 3. The standard InChI is InChI=1S/C17H23NO2S/c19-12-6-9-15-10-11-16(21-15)13-18-17(20)14-7-4-2-1-3-5-8-14/h10-11,14,19H,1-5,7-8,12-13H2,(H,18,20). The van der Waals surface area contributed by atoms with E-state index in [-0.39, 0.29) is 18.4 Å². The van der Waals surface area contributed by atoms with Crippen molar-refractivity contribution in [3.8, 4) is 11.8 Å². The molecule has 2 N–H and O–H groups in total. The van der Waals surface area contributed by atoms with E-state index in [1.165, 1.54) is 32.1 Å². The maximum absolute atomic E-state index is 12.2. The Hall–Kier alpha value is -1.31. The van der Waals surface area contributed by atoms with E-state index >= 15 is 0 Å². The molecule has 1 aliphatic carbocycles. The average molecular weight is 305 g/mol. The molecule has 0 bridgehead atoms. The minimum Gasteiger partial charge on any atom is -0.384 e. The number of nitrogens with one attached hydrogen (secondary N) is 1. The monoisotopic (exact) mass is 305 g/mol. The summed E-state index contributed by atoms with van der Waals surface area (Å²) in [6, 6.07) is 3.93. The van der Waals surface area contributed by atoms with Crippen molar-refractivity contribution in [2.24, 2.45) is 5.92 Å². The van der Waals surface area contributed by atoms with E-state index in [0.29, 0.717) is 6.54 Å².